The molecule has 0 spiro atoms. The number of nitrogens with one attached hydrogen (secondary N) is 2. The van der Waals surface area contributed by atoms with Crippen LogP contribution in [0, 0.1) is 13.8 Å². The summed E-state index contributed by atoms with van der Waals surface area (Å²) >= 11 is 12.9. The number of ether oxygens (including phenoxy) is 2. The van der Waals surface area contributed by atoms with Gasteiger partial charge in [0.05, 0.1) is 5.54 Å². The normalized spacial score (nSPS) is 15.8. The van der Waals surface area contributed by atoms with Crippen molar-refractivity contribution in [3.63, 3.8) is 0 Å². The van der Waals surface area contributed by atoms with Gasteiger partial charge in [0.25, 0.3) is 0 Å². The molecule has 1 aromatic heterocycles. The largest absolute Gasteiger partial charge is 0.573 e. The number of hydrogen-bond donors (Lipinski definition) is 2. The Hall–Kier alpha value is -5.04. The fraction of sp³-hybridized carbons (Fsp3) is 0.377. The number of fused-ring (bicyclic) bond motifs is 1. The number of halogens is 5. The first-order chi connectivity index (χ1) is 31.8. The van der Waals surface area contributed by atoms with Gasteiger partial charge in [-0.3, -0.25) is 19.9 Å². The molecule has 0 atom stereocenters. The topological polar surface area (TPSA) is 71.0 Å². The van der Waals surface area contributed by atoms with Crippen LogP contribution in [0.15, 0.2) is 109 Å². The average molecular weight is 941 g/mol. The van der Waals surface area contributed by atoms with Crippen LogP contribution in [-0.2, 0) is 37.6 Å². The highest BCUT2D eigenvalue weighted by Gasteiger charge is 2.39. The first kappa shape index (κ1) is 47.5. The number of carbonyl (C=O) groups excluding carboxylic acids is 1. The molecule has 2 heterocycles. The lowest BCUT2D eigenvalue weighted by molar-refractivity contribution is -0.274. The van der Waals surface area contributed by atoms with E-state index in [-0.39, 0.29) is 11.7 Å². The summed E-state index contributed by atoms with van der Waals surface area (Å²) in [5.74, 6) is 0.578. The van der Waals surface area contributed by atoms with Gasteiger partial charge in [0.1, 0.15) is 18.1 Å². The number of alkyl halides is 3. The van der Waals surface area contributed by atoms with E-state index in [0.29, 0.717) is 49.3 Å². The number of aromatic nitrogens is 1. The van der Waals surface area contributed by atoms with Crippen LogP contribution in [0.4, 0.5) is 13.2 Å². The second kappa shape index (κ2) is 21.3. The zero-order chi connectivity index (χ0) is 46.3. The molecule has 2 aliphatic rings. The first-order valence-corrected chi connectivity index (χ1v) is 23.7. The van der Waals surface area contributed by atoms with Crippen molar-refractivity contribution in [3.8, 4) is 22.6 Å². The quantitative estimate of drug-likeness (QED) is 0.0888. The summed E-state index contributed by atoms with van der Waals surface area (Å²) in [6.45, 7) is 11.4. The van der Waals surface area contributed by atoms with Crippen molar-refractivity contribution in [2.75, 3.05) is 32.7 Å². The van der Waals surface area contributed by atoms with Gasteiger partial charge < -0.3 is 19.4 Å². The van der Waals surface area contributed by atoms with Gasteiger partial charge in [-0.15, -0.1) is 13.2 Å². The molecule has 8 nitrogen and oxygen atoms in total. The third kappa shape index (κ3) is 12.3. The van der Waals surface area contributed by atoms with E-state index in [9.17, 15) is 18.0 Å². The Bertz CT molecular complexity index is 2540. The molecule has 1 aliphatic heterocycles. The molecule has 0 radical (unpaired) electrons. The van der Waals surface area contributed by atoms with Crippen LogP contribution in [-0.4, -0.2) is 64.9 Å². The van der Waals surface area contributed by atoms with E-state index < -0.39 is 11.9 Å². The molecule has 348 valence electrons. The minimum absolute atomic E-state index is 0.0351. The Kier molecular flexibility index (Phi) is 15.3. The summed E-state index contributed by atoms with van der Waals surface area (Å²) in [4.78, 5) is 18.8. The maximum Gasteiger partial charge on any atom is 0.573 e. The molecule has 66 heavy (non-hydrogen) atoms. The number of aryl methyl sites for hydroxylation is 3. The lowest BCUT2D eigenvalue weighted by Gasteiger charge is -2.37. The van der Waals surface area contributed by atoms with Gasteiger partial charge >= 0.3 is 6.36 Å². The van der Waals surface area contributed by atoms with E-state index in [1.165, 1.54) is 23.3 Å². The number of nitrogens with zero attached hydrogens (tertiary/aromatic N) is 3. The highest BCUT2D eigenvalue weighted by atomic mass is 35.5. The van der Waals surface area contributed by atoms with Gasteiger partial charge in [0, 0.05) is 97.2 Å². The smallest absolute Gasteiger partial charge is 0.489 e. The molecule has 2 fully saturated rings. The second-order valence-corrected chi connectivity index (χ2v) is 18.8. The number of piperazine rings is 1. The number of rotatable bonds is 17. The Morgan fingerprint density at radius 1 is 0.742 bits per heavy atom. The molecule has 1 saturated heterocycles. The van der Waals surface area contributed by atoms with Gasteiger partial charge in [-0.2, -0.15) is 0 Å². The predicted octanol–water partition coefficient (Wildman–Crippen LogP) is 12.0. The van der Waals surface area contributed by atoms with E-state index in [1.807, 2.05) is 30.3 Å². The second-order valence-electron chi connectivity index (χ2n) is 17.9. The van der Waals surface area contributed by atoms with Crippen molar-refractivity contribution in [2.45, 2.75) is 97.1 Å². The zero-order valence-corrected chi connectivity index (χ0v) is 39.2. The van der Waals surface area contributed by atoms with E-state index in [0.717, 1.165) is 115 Å². The average Bonchev–Trinajstić information content (AvgIpc) is 3.65. The standard InChI is InChI=1S/C53H58Cl2F3N5O3/c1-37-28-38(2)30-41(29-37)36-65-43-15-10-39(11-16-43)32-60-52(20-4-3-5-21-52)51(64)59-22-7-23-63-35-46(42-13-17-44(18-14-42)66-53(56,57)58)45-31-40(12-19-50(45)63)33-61-24-26-62(27-25-61)34-47-48(54)8-6-9-49(47)55/h6,8-19,28-31,35,60H,3-5,7,20-27,32-34,36H2,1-2H3,(H,59,64). The molecule has 8 rings (SSSR count). The summed E-state index contributed by atoms with van der Waals surface area (Å²) in [6, 6.07) is 32.7. The van der Waals surface area contributed by atoms with Crippen molar-refractivity contribution in [1.29, 1.82) is 0 Å². The van der Waals surface area contributed by atoms with E-state index in [4.69, 9.17) is 27.9 Å². The SMILES string of the molecule is Cc1cc(C)cc(COc2ccc(CNC3(C(=O)NCCCn4cc(-c5ccc(OC(F)(F)F)cc5)c5cc(CN6CCN(Cc7c(Cl)cccc7Cl)CC6)ccc54)CCCCC3)cc2)c1. The summed E-state index contributed by atoms with van der Waals surface area (Å²) < 4.78 is 51.5. The predicted molar refractivity (Wildman–Crippen MR) is 258 cm³/mol. The van der Waals surface area contributed by atoms with E-state index in [1.54, 1.807) is 12.1 Å². The number of hydrogen-bond acceptors (Lipinski definition) is 6. The van der Waals surface area contributed by atoms with Gasteiger partial charge in [0.2, 0.25) is 5.91 Å². The van der Waals surface area contributed by atoms with Crippen LogP contribution < -0.4 is 20.1 Å². The van der Waals surface area contributed by atoms with Crippen LogP contribution in [0.1, 0.15) is 71.9 Å². The van der Waals surface area contributed by atoms with E-state index in [2.05, 4.69) is 98.3 Å². The first-order valence-electron chi connectivity index (χ1n) is 23.0. The van der Waals surface area contributed by atoms with Crippen LogP contribution in [0.3, 0.4) is 0 Å². The summed E-state index contributed by atoms with van der Waals surface area (Å²) in [6.07, 6.45) is 2.65. The van der Waals surface area contributed by atoms with Crippen LogP contribution >= 0.6 is 23.2 Å². The molecule has 1 amide bonds. The minimum Gasteiger partial charge on any atom is -0.489 e. The Balaban J connectivity index is 0.899. The molecule has 6 aromatic rings. The van der Waals surface area contributed by atoms with Crippen molar-refractivity contribution < 1.29 is 27.4 Å². The fourth-order valence-corrected chi connectivity index (χ4v) is 10.0. The molecule has 1 saturated carbocycles. The van der Waals surface area contributed by atoms with Gasteiger partial charge in [0.15, 0.2) is 0 Å². The molecular weight excluding hydrogens is 883 g/mol. The lowest BCUT2D eigenvalue weighted by atomic mass is 9.80. The van der Waals surface area contributed by atoms with Gasteiger partial charge in [-0.05, 0) is 104 Å². The maximum absolute atomic E-state index is 14.0. The maximum atomic E-state index is 14.0. The Morgan fingerprint density at radius 3 is 2.05 bits per heavy atom. The van der Waals surface area contributed by atoms with Crippen molar-refractivity contribution in [2.24, 2.45) is 0 Å². The van der Waals surface area contributed by atoms with Crippen LogP contribution in [0.25, 0.3) is 22.0 Å². The highest BCUT2D eigenvalue weighted by Crippen LogP contribution is 2.35. The van der Waals surface area contributed by atoms with Crippen molar-refractivity contribution in [3.05, 3.63) is 153 Å². The molecule has 1 aliphatic carbocycles. The highest BCUT2D eigenvalue weighted by molar-refractivity contribution is 6.36. The van der Waals surface area contributed by atoms with Crippen LogP contribution in [0.2, 0.25) is 10.0 Å². The monoisotopic (exact) mass is 939 g/mol. The number of benzene rings is 5. The summed E-state index contributed by atoms with van der Waals surface area (Å²) in [7, 11) is 0. The third-order valence-corrected chi connectivity index (χ3v) is 13.6. The Morgan fingerprint density at radius 2 is 1.38 bits per heavy atom. The summed E-state index contributed by atoms with van der Waals surface area (Å²) in [5, 5.41) is 9.31. The van der Waals surface area contributed by atoms with Gasteiger partial charge in [-0.1, -0.05) is 108 Å². The van der Waals surface area contributed by atoms with Crippen LogP contribution in [0.5, 0.6) is 11.5 Å². The van der Waals surface area contributed by atoms with E-state index >= 15 is 0 Å². The van der Waals surface area contributed by atoms with Crippen molar-refractivity contribution in [1.82, 2.24) is 25.0 Å². The number of amides is 1. The Labute approximate surface area is 396 Å². The molecule has 2 N–H and O–H groups in total. The van der Waals surface area contributed by atoms with Gasteiger partial charge in [-0.25, -0.2) is 0 Å². The lowest BCUT2D eigenvalue weighted by Crippen LogP contribution is -2.57. The molecule has 0 bridgehead atoms. The fourth-order valence-electron chi connectivity index (χ4n) is 9.52. The third-order valence-electron chi connectivity index (χ3n) is 12.9. The molecule has 13 heteroatoms. The summed E-state index contributed by atoms with van der Waals surface area (Å²) in [5.41, 5.74) is 8.86. The number of carbonyl (C=O) groups is 1. The molecule has 5 aromatic carbocycles. The minimum atomic E-state index is -4.77. The molecular formula is C53H58Cl2F3N5O3. The van der Waals surface area contributed by atoms with Crippen molar-refractivity contribution >= 4 is 40.0 Å². The zero-order valence-electron chi connectivity index (χ0n) is 37.7. The molecule has 0 unspecified atom stereocenters.